The molecule has 0 spiro atoms. The van der Waals surface area contributed by atoms with E-state index in [1.807, 2.05) is 24.3 Å². The number of carbonyl (C=O) groups is 2. The lowest BCUT2D eigenvalue weighted by Gasteiger charge is -2.31. The molecule has 1 aromatic heterocycles. The third-order valence-corrected chi connectivity index (χ3v) is 5.96. The lowest BCUT2D eigenvalue weighted by atomic mass is 10.0. The average Bonchev–Trinajstić information content (AvgIpc) is 2.71. The standard InChI is InChI=1S/C20H22BrN3O3S/c1-2-27-20(26)24-12-9-15(10-13-24)23-18(25)17-4-3-11-22-19(17)28-16-7-5-14(21)6-8-16/h3-8,11,15H,2,9-10,12-13H2,1H3,(H,23,25). The van der Waals surface area contributed by atoms with Gasteiger partial charge in [0.25, 0.3) is 5.91 Å². The smallest absolute Gasteiger partial charge is 0.409 e. The Hall–Kier alpha value is -2.06. The van der Waals surface area contributed by atoms with E-state index in [1.54, 1.807) is 30.2 Å². The Morgan fingerprint density at radius 1 is 1.25 bits per heavy atom. The molecular weight excluding hydrogens is 442 g/mol. The second-order valence-corrected chi connectivity index (χ2v) is 8.32. The molecule has 0 saturated carbocycles. The zero-order valence-corrected chi connectivity index (χ0v) is 18.0. The van der Waals surface area contributed by atoms with E-state index in [4.69, 9.17) is 4.74 Å². The molecule has 1 aliphatic heterocycles. The summed E-state index contributed by atoms with van der Waals surface area (Å²) >= 11 is 4.89. The Balaban J connectivity index is 1.61. The van der Waals surface area contributed by atoms with Gasteiger partial charge in [0.1, 0.15) is 5.03 Å². The number of rotatable bonds is 5. The molecule has 1 saturated heterocycles. The van der Waals surface area contributed by atoms with Crippen molar-refractivity contribution in [3.63, 3.8) is 0 Å². The fraction of sp³-hybridized carbons (Fsp3) is 0.350. The van der Waals surface area contributed by atoms with Crippen LogP contribution in [0.15, 0.2) is 57.0 Å². The van der Waals surface area contributed by atoms with Crippen LogP contribution in [0, 0.1) is 0 Å². The van der Waals surface area contributed by atoms with E-state index in [0.717, 1.165) is 9.37 Å². The molecule has 2 amide bonds. The molecule has 2 heterocycles. The van der Waals surface area contributed by atoms with E-state index in [9.17, 15) is 9.59 Å². The fourth-order valence-electron chi connectivity index (χ4n) is 2.94. The Kier molecular flexibility index (Phi) is 7.33. The van der Waals surface area contributed by atoms with Gasteiger partial charge in [-0.15, -0.1) is 0 Å². The second-order valence-electron chi connectivity index (χ2n) is 6.35. The van der Waals surface area contributed by atoms with Crippen LogP contribution < -0.4 is 5.32 Å². The molecule has 0 radical (unpaired) electrons. The first-order valence-electron chi connectivity index (χ1n) is 9.18. The van der Waals surface area contributed by atoms with Crippen molar-refractivity contribution in [2.45, 2.75) is 35.7 Å². The molecule has 0 aliphatic carbocycles. The zero-order chi connectivity index (χ0) is 19.9. The van der Waals surface area contributed by atoms with Crippen molar-refractivity contribution in [2.75, 3.05) is 19.7 Å². The van der Waals surface area contributed by atoms with Crippen LogP contribution in [-0.2, 0) is 4.74 Å². The van der Waals surface area contributed by atoms with E-state index in [0.29, 0.717) is 43.1 Å². The Labute approximate surface area is 177 Å². The Morgan fingerprint density at radius 3 is 2.64 bits per heavy atom. The van der Waals surface area contributed by atoms with E-state index < -0.39 is 0 Å². The monoisotopic (exact) mass is 463 g/mol. The number of hydrogen-bond acceptors (Lipinski definition) is 5. The molecule has 0 atom stereocenters. The maximum Gasteiger partial charge on any atom is 0.409 e. The minimum Gasteiger partial charge on any atom is -0.450 e. The lowest BCUT2D eigenvalue weighted by Crippen LogP contribution is -2.46. The molecule has 1 N–H and O–H groups in total. The average molecular weight is 464 g/mol. The molecule has 0 unspecified atom stereocenters. The molecule has 28 heavy (non-hydrogen) atoms. The van der Waals surface area contributed by atoms with Gasteiger partial charge in [0.2, 0.25) is 0 Å². The second kappa shape index (κ2) is 9.93. The van der Waals surface area contributed by atoms with Gasteiger partial charge in [0, 0.05) is 34.7 Å². The summed E-state index contributed by atoms with van der Waals surface area (Å²) in [5.74, 6) is -0.137. The normalized spacial score (nSPS) is 14.6. The number of hydrogen-bond donors (Lipinski definition) is 1. The highest BCUT2D eigenvalue weighted by molar-refractivity contribution is 9.10. The molecule has 6 nitrogen and oxygen atoms in total. The van der Waals surface area contributed by atoms with Crippen molar-refractivity contribution in [3.05, 3.63) is 52.6 Å². The van der Waals surface area contributed by atoms with Gasteiger partial charge in [-0.25, -0.2) is 9.78 Å². The maximum absolute atomic E-state index is 12.8. The number of pyridine rings is 1. The number of carbonyl (C=O) groups excluding carboxylic acids is 2. The third kappa shape index (κ3) is 5.48. The fourth-order valence-corrected chi connectivity index (χ4v) is 4.09. The van der Waals surface area contributed by atoms with Gasteiger partial charge in [-0.1, -0.05) is 27.7 Å². The highest BCUT2D eigenvalue weighted by atomic mass is 79.9. The highest BCUT2D eigenvalue weighted by Gasteiger charge is 2.25. The van der Waals surface area contributed by atoms with Crippen molar-refractivity contribution in [2.24, 2.45) is 0 Å². The number of nitrogens with zero attached hydrogens (tertiary/aromatic N) is 2. The van der Waals surface area contributed by atoms with Gasteiger partial charge in [0.15, 0.2) is 0 Å². The highest BCUT2D eigenvalue weighted by Crippen LogP contribution is 2.29. The first-order valence-corrected chi connectivity index (χ1v) is 10.8. The van der Waals surface area contributed by atoms with Crippen LogP contribution in [0.3, 0.4) is 0 Å². The third-order valence-electron chi connectivity index (χ3n) is 4.40. The number of aromatic nitrogens is 1. The SMILES string of the molecule is CCOC(=O)N1CCC(NC(=O)c2cccnc2Sc2ccc(Br)cc2)CC1. The summed E-state index contributed by atoms with van der Waals surface area (Å²) in [5, 5.41) is 3.76. The van der Waals surface area contributed by atoms with Gasteiger partial charge < -0.3 is 15.0 Å². The number of piperidine rings is 1. The molecule has 1 fully saturated rings. The predicted octanol–water partition coefficient (Wildman–Crippen LogP) is 4.35. The van der Waals surface area contributed by atoms with Crippen molar-refractivity contribution in [1.29, 1.82) is 0 Å². The van der Waals surface area contributed by atoms with Gasteiger partial charge in [-0.05, 0) is 56.2 Å². The first-order chi connectivity index (χ1) is 13.6. The summed E-state index contributed by atoms with van der Waals surface area (Å²) < 4.78 is 6.04. The number of amides is 2. The van der Waals surface area contributed by atoms with Gasteiger partial charge in [0.05, 0.1) is 12.2 Å². The quantitative estimate of drug-likeness (QED) is 0.713. The van der Waals surface area contributed by atoms with Crippen LogP contribution in [0.5, 0.6) is 0 Å². The maximum atomic E-state index is 12.8. The summed E-state index contributed by atoms with van der Waals surface area (Å²) in [5.41, 5.74) is 0.559. The van der Waals surface area contributed by atoms with Crippen molar-refractivity contribution in [3.8, 4) is 0 Å². The zero-order valence-electron chi connectivity index (χ0n) is 15.6. The first kappa shape index (κ1) is 20.7. The molecule has 1 aromatic carbocycles. The predicted molar refractivity (Wildman–Crippen MR) is 112 cm³/mol. The molecule has 2 aromatic rings. The summed E-state index contributed by atoms with van der Waals surface area (Å²) in [6, 6.07) is 11.5. The number of ether oxygens (including phenoxy) is 1. The Bertz CT molecular complexity index is 824. The van der Waals surface area contributed by atoms with E-state index in [1.165, 1.54) is 11.8 Å². The van der Waals surface area contributed by atoms with Gasteiger partial charge >= 0.3 is 6.09 Å². The summed E-state index contributed by atoms with van der Waals surface area (Å²) in [6.07, 6.45) is 2.82. The number of halogens is 1. The van der Waals surface area contributed by atoms with Gasteiger partial charge in [-0.2, -0.15) is 0 Å². The van der Waals surface area contributed by atoms with Crippen LogP contribution in [0.4, 0.5) is 4.79 Å². The molecule has 148 valence electrons. The van der Waals surface area contributed by atoms with E-state index in [2.05, 4.69) is 26.2 Å². The summed E-state index contributed by atoms with van der Waals surface area (Å²) in [6.45, 7) is 3.33. The van der Waals surface area contributed by atoms with E-state index >= 15 is 0 Å². The lowest BCUT2D eigenvalue weighted by molar-refractivity contribution is 0.0857. The van der Waals surface area contributed by atoms with Crippen LogP contribution in [-0.4, -0.2) is 47.6 Å². The molecule has 0 bridgehead atoms. The molecule has 1 aliphatic rings. The Morgan fingerprint density at radius 2 is 1.96 bits per heavy atom. The molecule has 3 rings (SSSR count). The summed E-state index contributed by atoms with van der Waals surface area (Å²) in [4.78, 5) is 31.7. The van der Waals surface area contributed by atoms with Crippen molar-refractivity contribution >= 4 is 39.7 Å². The molecular formula is C20H22BrN3O3S. The number of nitrogens with one attached hydrogen (secondary N) is 1. The van der Waals surface area contributed by atoms with Crippen LogP contribution in [0.1, 0.15) is 30.1 Å². The van der Waals surface area contributed by atoms with Crippen LogP contribution in [0.25, 0.3) is 0 Å². The van der Waals surface area contributed by atoms with Crippen molar-refractivity contribution in [1.82, 2.24) is 15.2 Å². The molecule has 8 heteroatoms. The minimum atomic E-state index is -0.285. The minimum absolute atomic E-state index is 0.0314. The topological polar surface area (TPSA) is 71.5 Å². The van der Waals surface area contributed by atoms with E-state index in [-0.39, 0.29) is 18.0 Å². The van der Waals surface area contributed by atoms with Gasteiger partial charge in [-0.3, -0.25) is 4.79 Å². The number of likely N-dealkylation sites (tertiary alicyclic amines) is 1. The number of benzene rings is 1. The van der Waals surface area contributed by atoms with Crippen molar-refractivity contribution < 1.29 is 14.3 Å². The summed E-state index contributed by atoms with van der Waals surface area (Å²) in [7, 11) is 0. The van der Waals surface area contributed by atoms with Crippen LogP contribution in [0.2, 0.25) is 0 Å². The largest absolute Gasteiger partial charge is 0.450 e. The van der Waals surface area contributed by atoms with Crippen LogP contribution >= 0.6 is 27.7 Å².